The summed E-state index contributed by atoms with van der Waals surface area (Å²) in [5.41, 5.74) is 0. The third-order valence-electron chi connectivity index (χ3n) is 0. The van der Waals surface area contributed by atoms with Gasteiger partial charge in [-0.25, -0.2) is 0 Å². The predicted molar refractivity (Wildman–Crippen MR) is 10.6 cm³/mol. The molecule has 0 atom stereocenters. The topological polar surface area (TPSA) is 96.5 Å². The third-order valence-corrected chi connectivity index (χ3v) is 0. The second kappa shape index (κ2) is 93.6. The Hall–Kier alpha value is 0.477. The molecule has 0 aliphatic carbocycles. The van der Waals surface area contributed by atoms with Gasteiger partial charge in [-0.3, -0.25) is 0 Å². The molecule has 0 spiro atoms. The van der Waals surface area contributed by atoms with Gasteiger partial charge in [-0.15, -0.1) is 0 Å². The van der Waals surface area contributed by atoms with Crippen LogP contribution in [0.4, 0.5) is 0 Å². The molecule has 0 saturated heterocycles. The van der Waals surface area contributed by atoms with Crippen molar-refractivity contribution < 1.29 is 29.8 Å². The monoisotopic (exact) mass is 59.1 g/mol. The average Bonchev–Trinajstić information content (AvgIpc) is 0. The molecule has 0 aromatic rings. The van der Waals surface area contributed by atoms with Crippen LogP contribution in [0.25, 0.3) is 0 Å². The van der Waals surface area contributed by atoms with Gasteiger partial charge in [-0.2, -0.15) is 0 Å². The van der Waals surface area contributed by atoms with E-state index in [4.69, 9.17) is 0 Å². The van der Waals surface area contributed by atoms with E-state index in [1.165, 1.54) is 0 Å². The minimum atomic E-state index is 0. The Morgan fingerprint density at radius 1 is 1.00 bits per heavy atom. The zero-order valence-corrected chi connectivity index (χ0v) is 2.65. The van der Waals surface area contributed by atoms with E-state index in [0.29, 0.717) is 0 Å². The van der Waals surface area contributed by atoms with Crippen molar-refractivity contribution in [2.75, 3.05) is 0 Å². The van der Waals surface area contributed by atoms with Gasteiger partial charge < -0.3 is 17.1 Å². The van der Waals surface area contributed by atoms with Crippen LogP contribution in [0.1, 0.15) is 0 Å². The molecule has 24 valence electrons. The van der Waals surface area contributed by atoms with Gasteiger partial charge in [0.05, 0.1) is 0 Å². The summed E-state index contributed by atoms with van der Waals surface area (Å²) in [6, 6.07) is 0. The van der Waals surface area contributed by atoms with Crippen LogP contribution in [0, 0.1) is 0 Å². The van der Waals surface area contributed by atoms with Gasteiger partial charge in [-0.05, 0) is 0 Å². The van der Waals surface area contributed by atoms with Gasteiger partial charge in [-0.1, -0.05) is 0 Å². The molecule has 0 aliphatic heterocycles. The van der Waals surface area contributed by atoms with E-state index in [1.54, 1.807) is 0 Å². The first-order valence-electron chi connectivity index (χ1n) is 0. The summed E-state index contributed by atoms with van der Waals surface area (Å²) in [7, 11) is 0. The minimum Gasteiger partial charge on any atom is -0.870 e. The van der Waals surface area contributed by atoms with Gasteiger partial charge in [0.25, 0.3) is 0 Å². The van der Waals surface area contributed by atoms with Crippen LogP contribution in [0.2, 0.25) is 0 Å². The maximum absolute atomic E-state index is 0. The Morgan fingerprint density at radius 3 is 1.00 bits per heavy atom. The van der Waals surface area contributed by atoms with Crippen molar-refractivity contribution >= 4 is 0 Å². The van der Waals surface area contributed by atoms with Crippen LogP contribution in [0.15, 0.2) is 0 Å². The van der Waals surface area contributed by atoms with Gasteiger partial charge in [0.15, 0.2) is 0 Å². The summed E-state index contributed by atoms with van der Waals surface area (Å²) in [6.07, 6.45) is 0. The number of hydrogen-bond donors (Lipinski definition) is 1. The van der Waals surface area contributed by atoms with Crippen LogP contribution < -0.4 is 25.0 Å². The molecule has 0 aromatic heterocycles. The fourth-order valence-corrected chi connectivity index (χ4v) is 0. The van der Waals surface area contributed by atoms with Crippen molar-refractivity contribution in [3.05, 3.63) is 0 Å². The third kappa shape index (κ3) is 23.7. The maximum Gasteiger partial charge on any atom is 1.00 e. The molecular weight excluding hydrogens is 52.9 g/mol. The van der Waals surface area contributed by atoms with Crippen LogP contribution >= 0.6 is 0 Å². The molecule has 0 bridgehead atoms. The molecule has 4 heavy (non-hydrogen) atoms. The Kier molecular flexibility index (Phi) is 5560. The Labute approximate surface area is 36.8 Å². The molecular formula is H6LiNO2. The largest absolute Gasteiger partial charge is 1.00 e. The molecule has 6 N–H and O–H groups in total. The quantitative estimate of drug-likeness (QED) is 0.289. The molecule has 3 nitrogen and oxygen atoms in total. The standard InChI is InChI=1S/Li.H3N.2H2O/h;1H3;2*1H2/q+1;;;/p-1. The zero-order chi connectivity index (χ0) is 0. The smallest absolute Gasteiger partial charge is 0.870 e. The molecule has 0 radical (unpaired) electrons. The molecule has 4 heteroatoms. The molecule has 0 saturated carbocycles. The molecule has 0 heterocycles. The summed E-state index contributed by atoms with van der Waals surface area (Å²) in [5.74, 6) is 0. The Bertz CT molecular complexity index is 6.00. The Balaban J connectivity index is 0. The maximum atomic E-state index is 0. The van der Waals surface area contributed by atoms with Crippen LogP contribution in [0.3, 0.4) is 0 Å². The van der Waals surface area contributed by atoms with Crippen molar-refractivity contribution in [1.29, 1.82) is 0 Å². The fourth-order valence-electron chi connectivity index (χ4n) is 0. The normalized spacial score (nSPS) is 0. The van der Waals surface area contributed by atoms with Gasteiger partial charge in [0.2, 0.25) is 0 Å². The second-order valence-corrected chi connectivity index (χ2v) is 0. The second-order valence-electron chi connectivity index (χ2n) is 0. The summed E-state index contributed by atoms with van der Waals surface area (Å²) in [6.45, 7) is 0. The first kappa shape index (κ1) is 238. The zero-order valence-electron chi connectivity index (χ0n) is 2.65. The van der Waals surface area contributed by atoms with E-state index in [9.17, 15) is 0 Å². The van der Waals surface area contributed by atoms with E-state index >= 15 is 0 Å². The SMILES string of the molecule is N.O.[Li+].[OH-]. The molecule has 0 aliphatic rings. The van der Waals surface area contributed by atoms with Gasteiger partial charge in [0, 0.05) is 0 Å². The average molecular weight is 59.0 g/mol. The first-order valence-corrected chi connectivity index (χ1v) is 0. The van der Waals surface area contributed by atoms with E-state index in [2.05, 4.69) is 0 Å². The molecule has 0 amide bonds. The minimum absolute atomic E-state index is 0. The van der Waals surface area contributed by atoms with Crippen molar-refractivity contribution in [3.63, 3.8) is 0 Å². The fraction of sp³-hybridized carbons (Fsp3) is 0. The van der Waals surface area contributed by atoms with Crippen LogP contribution in [-0.2, 0) is 0 Å². The molecule has 0 rings (SSSR count). The van der Waals surface area contributed by atoms with Gasteiger partial charge in [0.1, 0.15) is 0 Å². The molecule has 0 aromatic carbocycles. The summed E-state index contributed by atoms with van der Waals surface area (Å²) < 4.78 is 0. The number of rotatable bonds is 0. The van der Waals surface area contributed by atoms with E-state index in [-0.39, 0.29) is 36.0 Å². The van der Waals surface area contributed by atoms with E-state index in [0.717, 1.165) is 0 Å². The molecule has 0 fully saturated rings. The first-order chi connectivity index (χ1) is 0. The van der Waals surface area contributed by atoms with Crippen molar-refractivity contribution in [2.24, 2.45) is 0 Å². The van der Waals surface area contributed by atoms with Crippen molar-refractivity contribution in [1.82, 2.24) is 6.15 Å². The van der Waals surface area contributed by atoms with Crippen molar-refractivity contribution in [3.8, 4) is 0 Å². The summed E-state index contributed by atoms with van der Waals surface area (Å²) in [4.78, 5) is 0. The summed E-state index contributed by atoms with van der Waals surface area (Å²) >= 11 is 0. The molecule has 0 unspecified atom stereocenters. The van der Waals surface area contributed by atoms with Crippen LogP contribution in [-0.4, -0.2) is 11.0 Å². The number of hydrogen-bond acceptors (Lipinski definition) is 2. The van der Waals surface area contributed by atoms with Gasteiger partial charge >= 0.3 is 18.9 Å². The Morgan fingerprint density at radius 2 is 1.00 bits per heavy atom. The van der Waals surface area contributed by atoms with E-state index in [1.807, 2.05) is 0 Å². The van der Waals surface area contributed by atoms with Crippen molar-refractivity contribution in [2.45, 2.75) is 0 Å². The van der Waals surface area contributed by atoms with E-state index < -0.39 is 0 Å². The van der Waals surface area contributed by atoms with Crippen LogP contribution in [0.5, 0.6) is 0 Å². The predicted octanol–water partition coefficient (Wildman–Crippen LogP) is -3.84. The summed E-state index contributed by atoms with van der Waals surface area (Å²) in [5, 5.41) is 0.